The Morgan fingerprint density at radius 3 is 2.54 bits per heavy atom. The number of allylic oxidation sites excluding steroid dienone is 4. The zero-order valence-electron chi connectivity index (χ0n) is 24.3. The molecule has 2 aromatic carbocycles. The van der Waals surface area contributed by atoms with E-state index in [1.165, 1.54) is 11.6 Å². The van der Waals surface area contributed by atoms with Gasteiger partial charge in [0.25, 0.3) is 0 Å². The molecule has 0 aliphatic rings. The molecular formula is C34H42FN3O. The first-order valence-corrected chi connectivity index (χ1v) is 13.5. The van der Waals surface area contributed by atoms with Crippen molar-refractivity contribution < 1.29 is 9.13 Å². The molecular weight excluding hydrogens is 485 g/mol. The Morgan fingerprint density at radius 2 is 1.87 bits per heavy atom. The second kappa shape index (κ2) is 13.3. The molecule has 0 aliphatic heterocycles. The van der Waals surface area contributed by atoms with Crippen LogP contribution in [0.4, 0.5) is 10.1 Å². The van der Waals surface area contributed by atoms with Crippen LogP contribution in [0.5, 0.6) is 0 Å². The van der Waals surface area contributed by atoms with Gasteiger partial charge in [-0.05, 0) is 82.4 Å². The number of hydrogen-bond acceptors (Lipinski definition) is 3. The number of nitrogens with zero attached hydrogens (tertiary/aromatic N) is 3. The van der Waals surface area contributed by atoms with Crippen LogP contribution in [0.3, 0.4) is 0 Å². The SMILES string of the molecule is C=C(CN(C(=C)c1c(C)cccc1F)c1cccc(-c2cnn(C/C(=C/CC)C/C=C\C)c2)c1)OC(C)(C)C. The highest BCUT2D eigenvalue weighted by atomic mass is 19.1. The first-order chi connectivity index (χ1) is 18.5. The highest BCUT2D eigenvalue weighted by molar-refractivity contribution is 5.82. The van der Waals surface area contributed by atoms with Crippen LogP contribution >= 0.6 is 0 Å². The topological polar surface area (TPSA) is 30.3 Å². The Labute approximate surface area is 233 Å². The monoisotopic (exact) mass is 527 g/mol. The van der Waals surface area contributed by atoms with Crippen molar-refractivity contribution in [3.63, 3.8) is 0 Å². The molecule has 3 aromatic rings. The summed E-state index contributed by atoms with van der Waals surface area (Å²) < 4.78 is 23.0. The van der Waals surface area contributed by atoms with Crippen molar-refractivity contribution in [1.29, 1.82) is 0 Å². The third-order valence-corrected chi connectivity index (χ3v) is 6.22. The molecule has 39 heavy (non-hydrogen) atoms. The minimum Gasteiger partial charge on any atom is -0.491 e. The van der Waals surface area contributed by atoms with E-state index in [1.54, 1.807) is 6.07 Å². The summed E-state index contributed by atoms with van der Waals surface area (Å²) in [5, 5.41) is 4.63. The third-order valence-electron chi connectivity index (χ3n) is 6.22. The molecule has 4 nitrogen and oxygen atoms in total. The molecule has 0 saturated carbocycles. The van der Waals surface area contributed by atoms with Gasteiger partial charge in [-0.3, -0.25) is 4.68 Å². The number of aromatic nitrogens is 2. The van der Waals surface area contributed by atoms with Crippen molar-refractivity contribution in [2.24, 2.45) is 0 Å². The van der Waals surface area contributed by atoms with Crippen LogP contribution in [0.1, 0.15) is 58.6 Å². The van der Waals surface area contributed by atoms with Gasteiger partial charge in [0.1, 0.15) is 17.2 Å². The maximum absolute atomic E-state index is 15.0. The van der Waals surface area contributed by atoms with E-state index in [1.807, 2.05) is 68.6 Å². The summed E-state index contributed by atoms with van der Waals surface area (Å²) >= 11 is 0. The molecule has 0 unspecified atom stereocenters. The molecule has 3 rings (SSSR count). The van der Waals surface area contributed by atoms with Gasteiger partial charge in [0.05, 0.1) is 19.3 Å². The van der Waals surface area contributed by atoms with Crippen molar-refractivity contribution in [2.45, 2.75) is 66.5 Å². The first kappa shape index (κ1) is 29.7. The van der Waals surface area contributed by atoms with E-state index in [2.05, 4.69) is 61.7 Å². The first-order valence-electron chi connectivity index (χ1n) is 13.5. The zero-order valence-corrected chi connectivity index (χ0v) is 24.3. The van der Waals surface area contributed by atoms with E-state index < -0.39 is 5.60 Å². The number of benzene rings is 2. The molecule has 0 bridgehead atoms. The van der Waals surface area contributed by atoms with Gasteiger partial charge in [-0.25, -0.2) is 4.39 Å². The Hall–Kier alpha value is -3.86. The molecule has 0 spiro atoms. The maximum Gasteiger partial charge on any atom is 0.132 e. The van der Waals surface area contributed by atoms with E-state index in [4.69, 9.17) is 4.74 Å². The fourth-order valence-electron chi connectivity index (χ4n) is 4.55. The molecule has 5 heteroatoms. The second-order valence-corrected chi connectivity index (χ2v) is 10.7. The summed E-state index contributed by atoms with van der Waals surface area (Å²) in [4.78, 5) is 1.96. The standard InChI is InChI=1S/C34H42FN3O/c1-9-11-16-28(14-10-2)23-37-24-30(21-36-37)29-17-13-18-31(20-29)38(22-26(4)39-34(6,7)8)27(5)33-25(3)15-12-19-32(33)35/h9,11-15,17-21,24H,4-5,10,16,22-23H2,1-3,6-8H3/b11-9-,28-14+. The van der Waals surface area contributed by atoms with Crippen molar-refractivity contribution in [3.05, 3.63) is 115 Å². The van der Waals surface area contributed by atoms with E-state index >= 15 is 4.39 Å². The zero-order chi connectivity index (χ0) is 28.6. The molecule has 0 amide bonds. The lowest BCUT2D eigenvalue weighted by Gasteiger charge is -2.31. The summed E-state index contributed by atoms with van der Waals surface area (Å²) in [5.74, 6) is 0.269. The summed E-state index contributed by atoms with van der Waals surface area (Å²) in [5.41, 5.74) is 5.68. The predicted octanol–water partition coefficient (Wildman–Crippen LogP) is 9.11. The van der Waals surface area contributed by atoms with Crippen LogP contribution in [0.2, 0.25) is 0 Å². The highest BCUT2D eigenvalue weighted by Gasteiger charge is 2.21. The van der Waals surface area contributed by atoms with Crippen LogP contribution in [0, 0.1) is 12.7 Å². The fourth-order valence-corrected chi connectivity index (χ4v) is 4.55. The molecule has 0 N–H and O–H groups in total. The van der Waals surface area contributed by atoms with Gasteiger partial charge < -0.3 is 9.64 Å². The Balaban J connectivity index is 1.96. The number of rotatable bonds is 12. The van der Waals surface area contributed by atoms with Crippen molar-refractivity contribution in [3.8, 4) is 11.1 Å². The minimum absolute atomic E-state index is 0.307. The van der Waals surface area contributed by atoms with E-state index in [-0.39, 0.29) is 5.82 Å². The van der Waals surface area contributed by atoms with Crippen molar-refractivity contribution >= 4 is 11.4 Å². The largest absolute Gasteiger partial charge is 0.491 e. The highest BCUT2D eigenvalue weighted by Crippen LogP contribution is 2.33. The van der Waals surface area contributed by atoms with Gasteiger partial charge >= 0.3 is 0 Å². The van der Waals surface area contributed by atoms with Crippen LogP contribution < -0.4 is 4.90 Å². The van der Waals surface area contributed by atoms with Gasteiger partial charge in [-0.1, -0.05) is 62.6 Å². The Bertz CT molecular complexity index is 1340. The molecule has 0 radical (unpaired) electrons. The number of ether oxygens (including phenoxy) is 1. The molecule has 1 heterocycles. The average Bonchev–Trinajstić information content (AvgIpc) is 3.33. The minimum atomic E-state index is -0.396. The smallest absolute Gasteiger partial charge is 0.132 e. The molecule has 0 saturated heterocycles. The van der Waals surface area contributed by atoms with Crippen molar-refractivity contribution in [1.82, 2.24) is 9.78 Å². The van der Waals surface area contributed by atoms with Gasteiger partial charge in [0.15, 0.2) is 0 Å². The van der Waals surface area contributed by atoms with Gasteiger partial charge in [-0.2, -0.15) is 5.10 Å². The van der Waals surface area contributed by atoms with Crippen LogP contribution in [-0.4, -0.2) is 21.9 Å². The van der Waals surface area contributed by atoms with E-state index in [0.29, 0.717) is 23.6 Å². The lowest BCUT2D eigenvalue weighted by molar-refractivity contribution is 0.0520. The average molecular weight is 528 g/mol. The lowest BCUT2D eigenvalue weighted by atomic mass is 10.0. The maximum atomic E-state index is 15.0. The Kier molecular flexibility index (Phi) is 10.1. The van der Waals surface area contributed by atoms with Gasteiger partial charge in [-0.15, -0.1) is 0 Å². The van der Waals surface area contributed by atoms with Crippen molar-refractivity contribution in [2.75, 3.05) is 11.4 Å². The number of hydrogen-bond donors (Lipinski definition) is 0. The number of anilines is 1. The summed E-state index contributed by atoms with van der Waals surface area (Å²) in [6, 6.07) is 13.2. The molecule has 0 fully saturated rings. The molecule has 206 valence electrons. The van der Waals surface area contributed by atoms with Gasteiger partial charge in [0.2, 0.25) is 0 Å². The second-order valence-electron chi connectivity index (χ2n) is 10.7. The Morgan fingerprint density at radius 1 is 1.13 bits per heavy atom. The predicted molar refractivity (Wildman–Crippen MR) is 163 cm³/mol. The third kappa shape index (κ3) is 8.31. The summed E-state index contributed by atoms with van der Waals surface area (Å²) in [7, 11) is 0. The van der Waals surface area contributed by atoms with Crippen LogP contribution in [0.25, 0.3) is 16.8 Å². The van der Waals surface area contributed by atoms with Gasteiger partial charge in [0, 0.05) is 28.7 Å². The summed E-state index contributed by atoms with van der Waals surface area (Å²) in [6.07, 6.45) is 12.4. The lowest BCUT2D eigenvalue weighted by Crippen LogP contribution is -2.28. The summed E-state index contributed by atoms with van der Waals surface area (Å²) in [6.45, 7) is 21.6. The number of halogens is 1. The molecule has 0 atom stereocenters. The molecule has 1 aromatic heterocycles. The number of aryl methyl sites for hydroxylation is 1. The molecule has 0 aliphatic carbocycles. The van der Waals surface area contributed by atoms with Crippen LogP contribution in [-0.2, 0) is 11.3 Å². The van der Waals surface area contributed by atoms with E-state index in [9.17, 15) is 0 Å². The van der Waals surface area contributed by atoms with E-state index in [0.717, 1.165) is 41.8 Å². The normalized spacial score (nSPS) is 12.1. The quantitative estimate of drug-likeness (QED) is 0.174. The fraction of sp³-hybridized carbons (Fsp3) is 0.324. The van der Waals surface area contributed by atoms with Crippen LogP contribution in [0.15, 0.2) is 97.6 Å².